The Labute approximate surface area is 122 Å². The van der Waals surface area contributed by atoms with Gasteiger partial charge in [0.05, 0.1) is 6.61 Å². The van der Waals surface area contributed by atoms with Crippen LogP contribution in [0.15, 0.2) is 24.8 Å². The van der Waals surface area contributed by atoms with Crippen molar-refractivity contribution in [2.75, 3.05) is 13.7 Å². The number of hydrogen-bond acceptors (Lipinski definition) is 3. The van der Waals surface area contributed by atoms with E-state index in [2.05, 4.69) is 6.58 Å². The number of rotatable bonds is 5. The largest absolute Gasteiger partial charge is 0.449 e. The van der Waals surface area contributed by atoms with Crippen molar-refractivity contribution in [2.24, 2.45) is 0 Å². The molecule has 0 heterocycles. The topological polar surface area (TPSA) is 46.6 Å². The molecule has 0 saturated heterocycles. The van der Waals surface area contributed by atoms with Gasteiger partial charge in [0.1, 0.15) is 11.6 Å². The van der Waals surface area contributed by atoms with Crippen LogP contribution in [0.2, 0.25) is 0 Å². The molecule has 0 bridgehead atoms. The monoisotopic (exact) mass is 297 g/mol. The number of ether oxygens (including phenoxy) is 1. The first-order valence-electron chi connectivity index (χ1n) is 6.43. The minimum absolute atomic E-state index is 0.0229. The fourth-order valence-corrected chi connectivity index (χ4v) is 1.66. The van der Waals surface area contributed by atoms with Crippen LogP contribution in [0.1, 0.15) is 25.3 Å². The fourth-order valence-electron chi connectivity index (χ4n) is 1.66. The van der Waals surface area contributed by atoms with Crippen molar-refractivity contribution in [3.63, 3.8) is 0 Å². The number of carbonyl (C=O) groups is 2. The predicted molar refractivity (Wildman–Crippen MR) is 74.4 cm³/mol. The van der Waals surface area contributed by atoms with Gasteiger partial charge < -0.3 is 4.74 Å². The van der Waals surface area contributed by atoms with Gasteiger partial charge >= 0.3 is 6.09 Å². The maximum Gasteiger partial charge on any atom is 0.416 e. The lowest BCUT2D eigenvalue weighted by Crippen LogP contribution is -2.33. The number of nitrogens with zero attached hydrogens (tertiary/aromatic N) is 1. The van der Waals surface area contributed by atoms with Gasteiger partial charge in [0.25, 0.3) is 0 Å². The number of amides is 2. The van der Waals surface area contributed by atoms with E-state index in [9.17, 15) is 18.4 Å². The van der Waals surface area contributed by atoms with E-state index in [0.29, 0.717) is 5.57 Å². The van der Waals surface area contributed by atoms with Gasteiger partial charge in [0.15, 0.2) is 0 Å². The van der Waals surface area contributed by atoms with E-state index in [1.807, 2.05) is 0 Å². The second-order valence-electron chi connectivity index (χ2n) is 4.38. The van der Waals surface area contributed by atoms with E-state index in [0.717, 1.165) is 17.0 Å². The van der Waals surface area contributed by atoms with Gasteiger partial charge in [-0.2, -0.15) is 0 Å². The highest BCUT2D eigenvalue weighted by molar-refractivity contribution is 5.92. The van der Waals surface area contributed by atoms with Crippen LogP contribution in [-0.4, -0.2) is 30.6 Å². The lowest BCUT2D eigenvalue weighted by molar-refractivity contribution is -0.128. The molecule has 4 nitrogen and oxygen atoms in total. The summed E-state index contributed by atoms with van der Waals surface area (Å²) in [7, 11) is 1.31. The number of hydrogen-bond donors (Lipinski definition) is 0. The van der Waals surface area contributed by atoms with E-state index in [1.54, 1.807) is 6.92 Å². The zero-order chi connectivity index (χ0) is 16.0. The minimum atomic E-state index is -0.735. The zero-order valence-electron chi connectivity index (χ0n) is 12.0. The molecule has 0 atom stereocenters. The molecule has 1 rings (SSSR count). The molecule has 21 heavy (non-hydrogen) atoms. The van der Waals surface area contributed by atoms with Crippen molar-refractivity contribution in [1.29, 1.82) is 0 Å². The van der Waals surface area contributed by atoms with Crippen LogP contribution in [0, 0.1) is 11.6 Å². The smallest absolute Gasteiger partial charge is 0.416 e. The highest BCUT2D eigenvalue weighted by Crippen LogP contribution is 2.22. The van der Waals surface area contributed by atoms with Crippen molar-refractivity contribution >= 4 is 17.6 Å². The normalized spacial score (nSPS) is 10.1. The molecule has 1 aromatic carbocycles. The van der Waals surface area contributed by atoms with Crippen LogP contribution in [0.3, 0.4) is 0 Å². The van der Waals surface area contributed by atoms with Gasteiger partial charge in [-0.05, 0) is 31.1 Å². The van der Waals surface area contributed by atoms with Gasteiger partial charge in [-0.25, -0.2) is 13.6 Å². The summed E-state index contributed by atoms with van der Waals surface area (Å²) < 4.78 is 31.0. The molecular formula is C15H17F2NO3. The first-order chi connectivity index (χ1) is 9.86. The highest BCUT2D eigenvalue weighted by Gasteiger charge is 2.18. The molecule has 0 N–H and O–H groups in total. The summed E-state index contributed by atoms with van der Waals surface area (Å²) in [6.45, 7) is 5.48. The Morgan fingerprint density at radius 1 is 1.29 bits per heavy atom. The minimum Gasteiger partial charge on any atom is -0.449 e. The second-order valence-corrected chi connectivity index (χ2v) is 4.38. The zero-order valence-corrected chi connectivity index (χ0v) is 12.0. The van der Waals surface area contributed by atoms with Crippen molar-refractivity contribution in [2.45, 2.75) is 19.8 Å². The number of carbonyl (C=O) groups excluding carboxylic acids is 2. The van der Waals surface area contributed by atoms with E-state index in [-0.39, 0.29) is 25.0 Å². The van der Waals surface area contributed by atoms with Crippen molar-refractivity contribution < 1.29 is 23.1 Å². The molecule has 0 radical (unpaired) electrons. The molecule has 0 fully saturated rings. The van der Waals surface area contributed by atoms with Gasteiger partial charge in [-0.15, -0.1) is 0 Å². The average Bonchev–Trinajstić information content (AvgIpc) is 2.43. The number of benzene rings is 1. The summed E-state index contributed by atoms with van der Waals surface area (Å²) in [5, 5.41) is 0. The number of allylic oxidation sites excluding steroid dienone is 1. The number of imide groups is 1. The molecular weight excluding hydrogens is 280 g/mol. The Morgan fingerprint density at radius 2 is 1.95 bits per heavy atom. The van der Waals surface area contributed by atoms with E-state index in [1.165, 1.54) is 13.1 Å². The Balaban J connectivity index is 2.60. The van der Waals surface area contributed by atoms with Crippen molar-refractivity contribution in [3.05, 3.63) is 42.0 Å². The Hall–Kier alpha value is -2.24. The van der Waals surface area contributed by atoms with Gasteiger partial charge in [0, 0.05) is 25.1 Å². The lowest BCUT2D eigenvalue weighted by Gasteiger charge is -2.15. The number of halogens is 2. The second kappa shape index (κ2) is 7.52. The van der Waals surface area contributed by atoms with Crippen molar-refractivity contribution in [1.82, 2.24) is 4.90 Å². The van der Waals surface area contributed by atoms with E-state index >= 15 is 0 Å². The van der Waals surface area contributed by atoms with Crippen LogP contribution < -0.4 is 0 Å². The summed E-state index contributed by atoms with van der Waals surface area (Å²) >= 11 is 0. The molecule has 0 aromatic heterocycles. The first kappa shape index (κ1) is 16.8. The van der Waals surface area contributed by atoms with Crippen LogP contribution in [0.4, 0.5) is 13.6 Å². The summed E-state index contributed by atoms with van der Waals surface area (Å²) in [5.74, 6) is -1.87. The highest BCUT2D eigenvalue weighted by atomic mass is 19.1. The SMILES string of the molecule is C=C(CCC(=O)N(C)C(=O)OCC)c1ccc(F)cc1F. The molecule has 0 unspecified atom stereocenters. The summed E-state index contributed by atoms with van der Waals surface area (Å²) in [6, 6.07) is 3.15. The Kier molecular flexibility index (Phi) is 6.02. The van der Waals surface area contributed by atoms with Crippen LogP contribution in [0.25, 0.3) is 5.57 Å². The molecule has 0 aliphatic rings. The van der Waals surface area contributed by atoms with Crippen LogP contribution in [-0.2, 0) is 9.53 Å². The predicted octanol–water partition coefficient (Wildman–Crippen LogP) is 3.37. The van der Waals surface area contributed by atoms with Gasteiger partial charge in [-0.3, -0.25) is 9.69 Å². The summed E-state index contributed by atoms with van der Waals surface area (Å²) in [6.07, 6.45) is -0.600. The Morgan fingerprint density at radius 3 is 2.52 bits per heavy atom. The van der Waals surface area contributed by atoms with Gasteiger partial charge in [-0.1, -0.05) is 6.58 Å². The van der Waals surface area contributed by atoms with Gasteiger partial charge in [0.2, 0.25) is 5.91 Å². The maximum absolute atomic E-state index is 13.5. The molecule has 0 spiro atoms. The maximum atomic E-state index is 13.5. The Bertz CT molecular complexity index is 558. The molecule has 0 aliphatic heterocycles. The molecule has 0 saturated carbocycles. The molecule has 1 aromatic rings. The summed E-state index contributed by atoms with van der Waals surface area (Å²) in [4.78, 5) is 24.0. The third-order valence-electron chi connectivity index (χ3n) is 2.87. The van der Waals surface area contributed by atoms with E-state index in [4.69, 9.17) is 4.74 Å². The quantitative estimate of drug-likeness (QED) is 0.837. The van der Waals surface area contributed by atoms with E-state index < -0.39 is 23.6 Å². The third kappa shape index (κ3) is 4.66. The lowest BCUT2D eigenvalue weighted by atomic mass is 10.0. The first-order valence-corrected chi connectivity index (χ1v) is 6.43. The molecule has 6 heteroatoms. The van der Waals surface area contributed by atoms with Crippen LogP contribution in [0.5, 0.6) is 0 Å². The fraction of sp³-hybridized carbons (Fsp3) is 0.333. The molecule has 0 aliphatic carbocycles. The average molecular weight is 297 g/mol. The third-order valence-corrected chi connectivity index (χ3v) is 2.87. The van der Waals surface area contributed by atoms with Crippen molar-refractivity contribution in [3.8, 4) is 0 Å². The molecule has 114 valence electrons. The standard InChI is InChI=1S/C15H17F2NO3/c1-4-21-15(20)18(3)14(19)8-5-10(2)12-7-6-11(16)9-13(12)17/h6-7,9H,2,4-5,8H2,1,3H3. The van der Waals surface area contributed by atoms with Crippen LogP contribution >= 0.6 is 0 Å². The molecule has 2 amide bonds. The summed E-state index contributed by atoms with van der Waals surface area (Å²) in [5.41, 5.74) is 0.515.